The smallest absolute Gasteiger partial charge is 0.319 e. The summed E-state index contributed by atoms with van der Waals surface area (Å²) >= 11 is 6.26. The molecule has 1 aromatic rings. The number of halogens is 2. The average Bonchev–Trinajstić information content (AvgIpc) is 2.09. The summed E-state index contributed by atoms with van der Waals surface area (Å²) in [4.78, 5) is 16.2. The Kier molecular flexibility index (Phi) is 2.67. The van der Waals surface area contributed by atoms with Crippen molar-refractivity contribution in [2.75, 3.05) is 0 Å². The van der Waals surface area contributed by atoms with Gasteiger partial charge in [0.2, 0.25) is 0 Å². The van der Waals surface area contributed by atoms with Crippen molar-refractivity contribution >= 4 is 37.8 Å². The molecule has 1 heterocycles. The van der Waals surface area contributed by atoms with E-state index in [4.69, 9.17) is 0 Å². The summed E-state index contributed by atoms with van der Waals surface area (Å²) in [7, 11) is 0. The van der Waals surface area contributed by atoms with Crippen LogP contribution in [0.5, 0.6) is 0 Å². The molecule has 0 fully saturated rings. The lowest BCUT2D eigenvalue weighted by Gasteiger charge is -1.98. The number of hydrogen-bond donors (Lipinski definition) is 0. The lowest BCUT2D eigenvalue weighted by Crippen LogP contribution is -2.17. The highest BCUT2D eigenvalue weighted by Gasteiger charge is 2.05. The fraction of sp³-hybridized carbons (Fsp3) is 0.200. The van der Waals surface area contributed by atoms with Crippen LogP contribution in [0.3, 0.4) is 0 Å². The Labute approximate surface area is 79.7 Å². The van der Waals surface area contributed by atoms with Gasteiger partial charge in [-0.25, -0.2) is 4.79 Å². The molecule has 0 N–H and O–H groups in total. The maximum Gasteiger partial charge on any atom is 0.331 e. The number of rotatable bonds is 1. The van der Waals surface area contributed by atoms with Crippen LogP contribution in [0.2, 0.25) is 0 Å². The molecule has 0 bridgehead atoms. The van der Waals surface area contributed by atoms with E-state index in [1.165, 1.54) is 6.92 Å². The second-order valence-corrected chi connectivity index (χ2v) is 3.37. The predicted molar refractivity (Wildman–Crippen MR) is 44.9 cm³/mol. The molecule has 60 valence electrons. The monoisotopic (exact) mass is 282 g/mol. The van der Waals surface area contributed by atoms with Gasteiger partial charge in [-0.3, -0.25) is 0 Å². The van der Waals surface area contributed by atoms with Crippen LogP contribution in [-0.4, -0.2) is 15.9 Å². The van der Waals surface area contributed by atoms with Gasteiger partial charge in [0.05, 0.1) is 0 Å². The summed E-state index contributed by atoms with van der Waals surface area (Å²) in [6, 6.07) is 1.67. The zero-order valence-corrected chi connectivity index (χ0v) is 8.72. The Morgan fingerprint density at radius 1 is 1.73 bits per heavy atom. The van der Waals surface area contributed by atoms with Crippen LogP contribution < -0.4 is 4.84 Å². The Morgan fingerprint density at radius 2 is 2.36 bits per heavy atom. The molecule has 0 saturated heterocycles. The first-order valence-corrected chi connectivity index (χ1v) is 4.28. The lowest BCUT2D eigenvalue weighted by molar-refractivity contribution is -0.143. The molecule has 0 atom stereocenters. The van der Waals surface area contributed by atoms with Crippen molar-refractivity contribution in [1.29, 1.82) is 0 Å². The SMILES string of the molecule is CC(=O)On1nc(Br)cc1Br. The molecule has 0 saturated carbocycles. The molecule has 1 aromatic heterocycles. The van der Waals surface area contributed by atoms with E-state index in [2.05, 4.69) is 41.8 Å². The van der Waals surface area contributed by atoms with Crippen LogP contribution in [0.4, 0.5) is 0 Å². The normalized spacial score (nSPS) is 9.73. The van der Waals surface area contributed by atoms with E-state index < -0.39 is 5.97 Å². The maximum atomic E-state index is 10.5. The van der Waals surface area contributed by atoms with Crippen LogP contribution in [0.15, 0.2) is 15.3 Å². The van der Waals surface area contributed by atoms with Crippen LogP contribution in [-0.2, 0) is 4.79 Å². The Hall–Kier alpha value is -0.360. The number of carbonyl (C=O) groups excluding carboxylic acids is 1. The second-order valence-electron chi connectivity index (χ2n) is 1.75. The molecule has 6 heteroatoms. The Bertz CT molecular complexity index is 284. The molecule has 0 aliphatic heterocycles. The maximum absolute atomic E-state index is 10.5. The largest absolute Gasteiger partial charge is 0.331 e. The summed E-state index contributed by atoms with van der Waals surface area (Å²) in [5, 5.41) is 3.79. The molecule has 0 aliphatic rings. The minimum absolute atomic E-state index is 0.415. The highest BCUT2D eigenvalue weighted by Crippen LogP contribution is 2.14. The molecule has 0 unspecified atom stereocenters. The minimum Gasteiger partial charge on any atom is -0.319 e. The van der Waals surface area contributed by atoms with Crippen molar-refractivity contribution in [3.63, 3.8) is 0 Å². The van der Waals surface area contributed by atoms with E-state index in [0.717, 1.165) is 4.85 Å². The first kappa shape index (κ1) is 8.73. The molecule has 4 nitrogen and oxygen atoms in total. The van der Waals surface area contributed by atoms with E-state index in [0.29, 0.717) is 9.21 Å². The van der Waals surface area contributed by atoms with Crippen LogP contribution in [0.1, 0.15) is 6.92 Å². The third kappa shape index (κ3) is 2.30. The third-order valence-electron chi connectivity index (χ3n) is 0.822. The van der Waals surface area contributed by atoms with Gasteiger partial charge < -0.3 is 4.84 Å². The van der Waals surface area contributed by atoms with E-state index in [1.807, 2.05) is 0 Å². The molecule has 11 heavy (non-hydrogen) atoms. The van der Waals surface area contributed by atoms with Crippen molar-refractivity contribution in [3.05, 3.63) is 15.3 Å². The second kappa shape index (κ2) is 3.36. The van der Waals surface area contributed by atoms with Crippen molar-refractivity contribution in [2.45, 2.75) is 6.92 Å². The van der Waals surface area contributed by atoms with Gasteiger partial charge in [0.25, 0.3) is 0 Å². The molecule has 0 radical (unpaired) electrons. The summed E-state index contributed by atoms with van der Waals surface area (Å²) in [5.74, 6) is -0.415. The standard InChI is InChI=1S/C5H4Br2N2O2/c1-3(10)11-9-5(7)2-4(6)8-9/h2H,1H3. The van der Waals surface area contributed by atoms with E-state index in [9.17, 15) is 4.79 Å². The van der Waals surface area contributed by atoms with Crippen LogP contribution in [0.25, 0.3) is 0 Å². The summed E-state index contributed by atoms with van der Waals surface area (Å²) in [6.07, 6.45) is 0. The van der Waals surface area contributed by atoms with Crippen LogP contribution in [0, 0.1) is 0 Å². The molecule has 0 amide bonds. The highest BCUT2D eigenvalue weighted by molar-refractivity contribution is 9.11. The topological polar surface area (TPSA) is 44.1 Å². The van der Waals surface area contributed by atoms with Gasteiger partial charge in [0.1, 0.15) is 9.21 Å². The first-order valence-electron chi connectivity index (χ1n) is 2.69. The zero-order valence-electron chi connectivity index (χ0n) is 5.54. The van der Waals surface area contributed by atoms with Gasteiger partial charge in [0, 0.05) is 13.0 Å². The Morgan fingerprint density at radius 3 is 2.73 bits per heavy atom. The van der Waals surface area contributed by atoms with Gasteiger partial charge in [-0.2, -0.15) is 0 Å². The fourth-order valence-electron chi connectivity index (χ4n) is 0.503. The first-order chi connectivity index (χ1) is 5.09. The summed E-state index contributed by atoms with van der Waals surface area (Å²) < 4.78 is 1.19. The number of nitrogens with zero attached hydrogens (tertiary/aromatic N) is 2. The van der Waals surface area contributed by atoms with E-state index in [-0.39, 0.29) is 0 Å². The molecule has 0 aromatic carbocycles. The van der Waals surface area contributed by atoms with Gasteiger partial charge in [0.15, 0.2) is 0 Å². The van der Waals surface area contributed by atoms with Crippen molar-refractivity contribution in [1.82, 2.24) is 9.94 Å². The quantitative estimate of drug-likeness (QED) is 0.782. The van der Waals surface area contributed by atoms with Gasteiger partial charge in [-0.05, 0) is 31.9 Å². The highest BCUT2D eigenvalue weighted by atomic mass is 79.9. The molecule has 0 aliphatic carbocycles. The number of hydrogen-bond acceptors (Lipinski definition) is 3. The van der Waals surface area contributed by atoms with Gasteiger partial charge >= 0.3 is 5.97 Å². The Balaban J connectivity index is 2.85. The average molecular weight is 284 g/mol. The van der Waals surface area contributed by atoms with E-state index >= 15 is 0 Å². The molecular weight excluding hydrogens is 280 g/mol. The van der Waals surface area contributed by atoms with Gasteiger partial charge in [-0.1, -0.05) is 4.85 Å². The van der Waals surface area contributed by atoms with Crippen molar-refractivity contribution in [3.8, 4) is 0 Å². The zero-order chi connectivity index (χ0) is 8.43. The molecular formula is C5H4Br2N2O2. The summed E-state index contributed by atoms with van der Waals surface area (Å²) in [5.41, 5.74) is 0. The lowest BCUT2D eigenvalue weighted by atomic mass is 10.8. The summed E-state index contributed by atoms with van der Waals surface area (Å²) in [6.45, 7) is 1.31. The third-order valence-corrected chi connectivity index (χ3v) is 1.74. The molecule has 0 spiro atoms. The fourth-order valence-corrected chi connectivity index (χ4v) is 1.54. The molecule has 1 rings (SSSR count). The van der Waals surface area contributed by atoms with Gasteiger partial charge in [-0.15, -0.1) is 5.10 Å². The van der Waals surface area contributed by atoms with Crippen molar-refractivity contribution < 1.29 is 9.63 Å². The predicted octanol–water partition coefficient (Wildman–Crippen LogP) is 1.38. The van der Waals surface area contributed by atoms with Crippen LogP contribution >= 0.6 is 31.9 Å². The number of aromatic nitrogens is 2. The minimum atomic E-state index is -0.415. The van der Waals surface area contributed by atoms with E-state index in [1.54, 1.807) is 6.07 Å². The number of carbonyl (C=O) groups is 1. The van der Waals surface area contributed by atoms with Crippen molar-refractivity contribution in [2.24, 2.45) is 0 Å².